The predicted octanol–water partition coefficient (Wildman–Crippen LogP) is 3.31. The summed E-state index contributed by atoms with van der Waals surface area (Å²) in [6, 6.07) is 12.3. The molecule has 2 N–H and O–H groups in total. The zero-order valence-electron chi connectivity index (χ0n) is 19.7. The van der Waals surface area contributed by atoms with Crippen molar-refractivity contribution in [3.05, 3.63) is 55.1 Å². The summed E-state index contributed by atoms with van der Waals surface area (Å²) in [6.07, 6.45) is 3.40. The van der Waals surface area contributed by atoms with Crippen LogP contribution in [0.5, 0.6) is 0 Å². The number of amides is 2. The van der Waals surface area contributed by atoms with E-state index in [1.807, 2.05) is 49.4 Å². The molecule has 35 heavy (non-hydrogen) atoms. The second kappa shape index (κ2) is 8.99. The number of hydrogen-bond donors (Lipinski definition) is 2. The Hall–Kier alpha value is -2.84. The first-order chi connectivity index (χ1) is 16.9. The second-order valence-electron chi connectivity index (χ2n) is 9.65. The molecule has 7 nitrogen and oxygen atoms in total. The molecule has 3 fully saturated rings. The Bertz CT molecular complexity index is 1200. The second-order valence-corrected chi connectivity index (χ2v) is 11.3. The molecule has 0 aromatic heterocycles. The third kappa shape index (κ3) is 3.49. The molecule has 6 atom stereocenters. The van der Waals surface area contributed by atoms with E-state index in [1.165, 1.54) is 16.7 Å². The van der Waals surface area contributed by atoms with Crippen LogP contribution in [0.2, 0.25) is 0 Å². The van der Waals surface area contributed by atoms with Gasteiger partial charge in [-0.05, 0) is 42.2 Å². The van der Waals surface area contributed by atoms with E-state index in [2.05, 4.69) is 6.58 Å². The van der Waals surface area contributed by atoms with E-state index in [0.717, 1.165) is 10.8 Å². The van der Waals surface area contributed by atoms with Gasteiger partial charge >= 0.3 is 5.97 Å². The summed E-state index contributed by atoms with van der Waals surface area (Å²) in [5, 5.41) is 22.0. The van der Waals surface area contributed by atoms with E-state index in [4.69, 9.17) is 0 Å². The molecule has 0 radical (unpaired) electrons. The number of anilines is 1. The van der Waals surface area contributed by atoms with Gasteiger partial charge in [0.25, 0.3) is 5.91 Å². The van der Waals surface area contributed by atoms with Crippen molar-refractivity contribution in [3.8, 4) is 0 Å². The lowest BCUT2D eigenvalue weighted by molar-refractivity contribution is -0.149. The molecule has 0 aliphatic carbocycles. The largest absolute Gasteiger partial charge is 0.481 e. The van der Waals surface area contributed by atoms with Crippen LogP contribution in [-0.4, -0.2) is 68.1 Å². The summed E-state index contributed by atoms with van der Waals surface area (Å²) in [5.74, 6) is -3.12. The van der Waals surface area contributed by atoms with Crippen LogP contribution in [0, 0.1) is 11.8 Å². The minimum atomic E-state index is -0.981. The minimum absolute atomic E-state index is 0.179. The fourth-order valence-electron chi connectivity index (χ4n) is 6.40. The lowest BCUT2D eigenvalue weighted by Gasteiger charge is -2.39. The van der Waals surface area contributed by atoms with E-state index in [1.54, 1.807) is 11.0 Å². The third-order valence-corrected chi connectivity index (χ3v) is 9.91. The molecule has 3 heterocycles. The number of aliphatic hydroxyl groups excluding tert-OH is 1. The van der Waals surface area contributed by atoms with Gasteiger partial charge in [0.15, 0.2) is 0 Å². The summed E-state index contributed by atoms with van der Waals surface area (Å²) in [4.78, 5) is 43.6. The first-order valence-electron chi connectivity index (χ1n) is 12.1. The highest BCUT2D eigenvalue weighted by Crippen LogP contribution is 2.66. The van der Waals surface area contributed by atoms with Crippen LogP contribution in [0.4, 0.5) is 5.69 Å². The minimum Gasteiger partial charge on any atom is -0.481 e. The molecular weight excluding hydrogens is 464 g/mol. The quantitative estimate of drug-likeness (QED) is 0.547. The Morgan fingerprint density at radius 3 is 2.69 bits per heavy atom. The van der Waals surface area contributed by atoms with Crippen molar-refractivity contribution < 1.29 is 24.6 Å². The molecule has 3 saturated heterocycles. The van der Waals surface area contributed by atoms with Crippen molar-refractivity contribution >= 4 is 46.0 Å². The number of thioether (sulfide) groups is 1. The number of hydrogen-bond acceptors (Lipinski definition) is 5. The van der Waals surface area contributed by atoms with Crippen LogP contribution in [0.15, 0.2) is 55.1 Å². The Morgan fingerprint density at radius 1 is 1.29 bits per heavy atom. The molecule has 0 saturated carbocycles. The van der Waals surface area contributed by atoms with Crippen molar-refractivity contribution in [1.29, 1.82) is 0 Å². The number of benzene rings is 2. The van der Waals surface area contributed by atoms with Crippen molar-refractivity contribution in [1.82, 2.24) is 4.90 Å². The van der Waals surface area contributed by atoms with E-state index >= 15 is 0 Å². The Labute approximate surface area is 208 Å². The molecule has 2 amide bonds. The molecule has 3 aliphatic rings. The van der Waals surface area contributed by atoms with Crippen molar-refractivity contribution in [3.63, 3.8) is 0 Å². The Kier molecular flexibility index (Phi) is 6.13. The molecule has 1 spiro atoms. The zero-order valence-corrected chi connectivity index (χ0v) is 20.5. The zero-order chi connectivity index (χ0) is 24.9. The highest BCUT2D eigenvalue weighted by Gasteiger charge is 2.74. The number of aliphatic carboxylic acids is 1. The van der Waals surface area contributed by atoms with Crippen LogP contribution in [0.25, 0.3) is 10.8 Å². The summed E-state index contributed by atoms with van der Waals surface area (Å²) in [6.45, 7) is 5.69. The number of fused-ring (bicyclic) bond motifs is 2. The average molecular weight is 495 g/mol. The van der Waals surface area contributed by atoms with Gasteiger partial charge in [-0.3, -0.25) is 14.4 Å². The number of likely N-dealkylation sites (tertiary alicyclic amines) is 1. The number of carboxylic acid groups (broad SMARTS) is 1. The SMILES string of the molecule is C=CCN(C(=O)C1N([C@@H](CC)CO)C(=O)[C@@H]2[C@H](C(=O)O)[C@@H]3CCC12S3)c1ccc2ccccc2c1. The molecule has 2 aromatic rings. The summed E-state index contributed by atoms with van der Waals surface area (Å²) < 4.78 is -0.805. The third-order valence-electron chi connectivity index (χ3n) is 7.95. The predicted molar refractivity (Wildman–Crippen MR) is 136 cm³/mol. The van der Waals surface area contributed by atoms with Crippen molar-refractivity contribution in [2.75, 3.05) is 18.1 Å². The normalized spacial score (nSPS) is 29.9. The van der Waals surface area contributed by atoms with E-state index < -0.39 is 34.6 Å². The Morgan fingerprint density at radius 2 is 2.03 bits per heavy atom. The Balaban J connectivity index is 1.62. The van der Waals surface area contributed by atoms with E-state index in [9.17, 15) is 24.6 Å². The standard InChI is InChI=1S/C27H30N2O5S/c1-3-13-28(19-10-9-16-7-5-6-8-17(16)14-19)25(32)23-27-12-11-20(35-27)21(26(33)34)22(27)24(31)29(23)18(4-2)15-30/h3,5-10,14,18,20-23,30H,1,4,11-13,15H2,2H3,(H,33,34)/t18-,20-,21+,22-,23?,27?/m0/s1. The number of carbonyl (C=O) groups is 3. The molecule has 184 valence electrons. The molecule has 8 heteroatoms. The van der Waals surface area contributed by atoms with Crippen LogP contribution in [0.1, 0.15) is 26.2 Å². The fourth-order valence-corrected chi connectivity index (χ4v) is 8.60. The van der Waals surface area contributed by atoms with Gasteiger partial charge in [0, 0.05) is 17.5 Å². The molecule has 5 rings (SSSR count). The maximum absolute atomic E-state index is 14.4. The highest BCUT2D eigenvalue weighted by molar-refractivity contribution is 8.02. The van der Waals surface area contributed by atoms with Crippen molar-refractivity contribution in [2.45, 2.75) is 48.3 Å². The molecule has 2 unspecified atom stereocenters. The molecular formula is C27H30N2O5S. The van der Waals surface area contributed by atoms with E-state index in [0.29, 0.717) is 24.9 Å². The maximum Gasteiger partial charge on any atom is 0.308 e. The van der Waals surface area contributed by atoms with Crippen LogP contribution in [-0.2, 0) is 14.4 Å². The van der Waals surface area contributed by atoms with Gasteiger partial charge in [-0.25, -0.2) is 0 Å². The summed E-state index contributed by atoms with van der Waals surface area (Å²) in [7, 11) is 0. The van der Waals surface area contributed by atoms with Gasteiger partial charge in [-0.2, -0.15) is 0 Å². The van der Waals surface area contributed by atoms with Gasteiger partial charge in [0.2, 0.25) is 5.91 Å². The molecule has 2 aromatic carbocycles. The lowest BCUT2D eigenvalue weighted by atomic mass is 9.71. The van der Waals surface area contributed by atoms with Gasteiger partial charge < -0.3 is 20.0 Å². The maximum atomic E-state index is 14.4. The summed E-state index contributed by atoms with van der Waals surface area (Å²) in [5.41, 5.74) is 0.699. The van der Waals surface area contributed by atoms with Gasteiger partial charge in [0.05, 0.1) is 29.2 Å². The van der Waals surface area contributed by atoms with Crippen LogP contribution in [0.3, 0.4) is 0 Å². The monoisotopic (exact) mass is 494 g/mol. The lowest BCUT2D eigenvalue weighted by Crippen LogP contribution is -2.57. The number of carbonyl (C=O) groups excluding carboxylic acids is 2. The molecule has 3 aliphatic heterocycles. The van der Waals surface area contributed by atoms with Crippen LogP contribution < -0.4 is 4.90 Å². The van der Waals surface area contributed by atoms with Gasteiger partial charge in [-0.1, -0.05) is 43.3 Å². The van der Waals surface area contributed by atoms with E-state index in [-0.39, 0.29) is 30.2 Å². The van der Waals surface area contributed by atoms with Crippen molar-refractivity contribution in [2.24, 2.45) is 11.8 Å². The number of rotatable bonds is 8. The first kappa shape index (κ1) is 23.9. The average Bonchev–Trinajstić information content (AvgIpc) is 3.50. The first-order valence-corrected chi connectivity index (χ1v) is 13.0. The van der Waals surface area contributed by atoms with Crippen LogP contribution >= 0.6 is 11.8 Å². The topological polar surface area (TPSA) is 98.2 Å². The number of nitrogens with zero attached hydrogens (tertiary/aromatic N) is 2. The van der Waals surface area contributed by atoms with Gasteiger partial charge in [-0.15, -0.1) is 18.3 Å². The highest BCUT2D eigenvalue weighted by atomic mass is 32.2. The number of carboxylic acids is 1. The smallest absolute Gasteiger partial charge is 0.308 e. The van der Waals surface area contributed by atoms with Gasteiger partial charge in [0.1, 0.15) is 6.04 Å². The molecule has 2 bridgehead atoms. The number of aliphatic hydroxyl groups is 1. The fraction of sp³-hybridized carbons (Fsp3) is 0.444. The summed E-state index contributed by atoms with van der Waals surface area (Å²) >= 11 is 1.50.